The molecule has 1 atom stereocenters. The second-order valence-electron chi connectivity index (χ2n) is 4.33. The molecular formula is C15H14Cl2N2O. The lowest BCUT2D eigenvalue weighted by molar-refractivity contribution is 0.249. The molecule has 0 saturated carbocycles. The number of rotatable bonds is 3. The van der Waals surface area contributed by atoms with E-state index in [-0.39, 0.29) is 12.1 Å². The average molecular weight is 309 g/mol. The van der Waals surface area contributed by atoms with Gasteiger partial charge in [0.15, 0.2) is 0 Å². The highest BCUT2D eigenvalue weighted by Crippen LogP contribution is 2.29. The van der Waals surface area contributed by atoms with E-state index in [2.05, 4.69) is 10.6 Å². The van der Waals surface area contributed by atoms with Crippen molar-refractivity contribution in [2.75, 3.05) is 5.32 Å². The largest absolute Gasteiger partial charge is 0.331 e. The molecule has 2 rings (SSSR count). The normalized spacial score (nSPS) is 11.8. The topological polar surface area (TPSA) is 41.1 Å². The van der Waals surface area contributed by atoms with Gasteiger partial charge in [0.05, 0.1) is 21.8 Å². The van der Waals surface area contributed by atoms with Gasteiger partial charge in [0.2, 0.25) is 0 Å². The third kappa shape index (κ3) is 3.65. The van der Waals surface area contributed by atoms with Crippen LogP contribution in [0.25, 0.3) is 0 Å². The van der Waals surface area contributed by atoms with Crippen LogP contribution in [0.1, 0.15) is 18.5 Å². The van der Waals surface area contributed by atoms with Crippen molar-refractivity contribution in [2.24, 2.45) is 0 Å². The SMILES string of the molecule is C[C@H](NC(=O)Nc1cccc(Cl)c1Cl)c1ccccc1. The van der Waals surface area contributed by atoms with Gasteiger partial charge in [0.1, 0.15) is 0 Å². The molecule has 0 radical (unpaired) electrons. The predicted octanol–water partition coefficient (Wildman–Crippen LogP) is 4.88. The van der Waals surface area contributed by atoms with E-state index in [1.807, 2.05) is 37.3 Å². The van der Waals surface area contributed by atoms with E-state index in [1.54, 1.807) is 18.2 Å². The lowest BCUT2D eigenvalue weighted by Crippen LogP contribution is -2.31. The quantitative estimate of drug-likeness (QED) is 0.834. The number of amides is 2. The summed E-state index contributed by atoms with van der Waals surface area (Å²) in [6.45, 7) is 1.91. The Labute approximate surface area is 127 Å². The molecule has 0 aliphatic carbocycles. The van der Waals surface area contributed by atoms with E-state index in [0.717, 1.165) is 5.56 Å². The molecule has 0 fully saturated rings. The molecule has 20 heavy (non-hydrogen) atoms. The van der Waals surface area contributed by atoms with Crippen LogP contribution in [0.2, 0.25) is 10.0 Å². The number of carbonyl (C=O) groups excluding carboxylic acids is 1. The Morgan fingerprint density at radius 1 is 1.05 bits per heavy atom. The average Bonchev–Trinajstić information content (AvgIpc) is 2.45. The maximum absolute atomic E-state index is 11.9. The molecule has 0 spiro atoms. The van der Waals surface area contributed by atoms with Crippen LogP contribution in [0.15, 0.2) is 48.5 Å². The Morgan fingerprint density at radius 2 is 1.75 bits per heavy atom. The molecule has 2 N–H and O–H groups in total. The monoisotopic (exact) mass is 308 g/mol. The number of hydrogen-bond acceptors (Lipinski definition) is 1. The molecule has 0 saturated heterocycles. The van der Waals surface area contributed by atoms with E-state index in [0.29, 0.717) is 15.7 Å². The summed E-state index contributed by atoms with van der Waals surface area (Å²) in [5, 5.41) is 6.26. The molecule has 0 bridgehead atoms. The number of nitrogens with one attached hydrogen (secondary N) is 2. The summed E-state index contributed by atoms with van der Waals surface area (Å²) in [7, 11) is 0. The van der Waals surface area contributed by atoms with Crippen LogP contribution < -0.4 is 10.6 Å². The maximum atomic E-state index is 11.9. The van der Waals surface area contributed by atoms with Crippen LogP contribution in [0.3, 0.4) is 0 Å². The molecule has 0 aliphatic rings. The zero-order chi connectivity index (χ0) is 14.5. The van der Waals surface area contributed by atoms with Crippen molar-refractivity contribution in [1.29, 1.82) is 0 Å². The molecule has 0 unspecified atom stereocenters. The predicted molar refractivity (Wildman–Crippen MR) is 83.5 cm³/mol. The smallest absolute Gasteiger partial charge is 0.319 e. The lowest BCUT2D eigenvalue weighted by Gasteiger charge is -2.15. The van der Waals surface area contributed by atoms with E-state index < -0.39 is 0 Å². The molecular weight excluding hydrogens is 295 g/mol. The Balaban J connectivity index is 2.01. The van der Waals surface area contributed by atoms with Gasteiger partial charge in [0, 0.05) is 0 Å². The van der Waals surface area contributed by atoms with Crippen LogP contribution in [0.5, 0.6) is 0 Å². The number of halogens is 2. The highest BCUT2D eigenvalue weighted by Gasteiger charge is 2.11. The van der Waals surface area contributed by atoms with Crippen LogP contribution in [-0.2, 0) is 0 Å². The number of urea groups is 1. The van der Waals surface area contributed by atoms with Crippen molar-refractivity contribution in [3.05, 3.63) is 64.1 Å². The van der Waals surface area contributed by atoms with Crippen LogP contribution >= 0.6 is 23.2 Å². The van der Waals surface area contributed by atoms with Crippen molar-refractivity contribution in [2.45, 2.75) is 13.0 Å². The minimum absolute atomic E-state index is 0.103. The molecule has 0 aliphatic heterocycles. The van der Waals surface area contributed by atoms with Gasteiger partial charge in [-0.1, -0.05) is 59.6 Å². The molecule has 2 aromatic rings. The van der Waals surface area contributed by atoms with E-state index >= 15 is 0 Å². The third-order valence-electron chi connectivity index (χ3n) is 2.85. The Kier molecular flexibility index (Phi) is 4.88. The summed E-state index contributed by atoms with van der Waals surface area (Å²) in [6.07, 6.45) is 0. The van der Waals surface area contributed by atoms with Gasteiger partial charge in [0.25, 0.3) is 0 Å². The first-order valence-electron chi connectivity index (χ1n) is 6.14. The first-order chi connectivity index (χ1) is 9.58. The summed E-state index contributed by atoms with van der Waals surface area (Å²) in [4.78, 5) is 11.9. The minimum Gasteiger partial charge on any atom is -0.331 e. The van der Waals surface area contributed by atoms with Gasteiger partial charge < -0.3 is 10.6 Å². The van der Waals surface area contributed by atoms with Crippen LogP contribution in [-0.4, -0.2) is 6.03 Å². The Hall–Kier alpha value is -1.71. The molecule has 0 heterocycles. The van der Waals surface area contributed by atoms with Crippen LogP contribution in [0.4, 0.5) is 10.5 Å². The molecule has 104 valence electrons. The van der Waals surface area contributed by atoms with Crippen molar-refractivity contribution in [3.8, 4) is 0 Å². The van der Waals surface area contributed by atoms with Crippen molar-refractivity contribution >= 4 is 34.9 Å². The van der Waals surface area contributed by atoms with Gasteiger partial charge in [-0.05, 0) is 24.6 Å². The third-order valence-corrected chi connectivity index (χ3v) is 3.67. The summed E-state index contributed by atoms with van der Waals surface area (Å²) in [6, 6.07) is 14.4. The van der Waals surface area contributed by atoms with Crippen molar-refractivity contribution in [3.63, 3.8) is 0 Å². The zero-order valence-corrected chi connectivity index (χ0v) is 12.4. The first kappa shape index (κ1) is 14.7. The fourth-order valence-electron chi connectivity index (χ4n) is 1.78. The van der Waals surface area contributed by atoms with Gasteiger partial charge in [-0.15, -0.1) is 0 Å². The molecule has 3 nitrogen and oxygen atoms in total. The van der Waals surface area contributed by atoms with E-state index in [4.69, 9.17) is 23.2 Å². The second-order valence-corrected chi connectivity index (χ2v) is 5.12. The Bertz CT molecular complexity index is 602. The van der Waals surface area contributed by atoms with Gasteiger partial charge in [-0.3, -0.25) is 0 Å². The molecule has 2 aromatic carbocycles. The van der Waals surface area contributed by atoms with E-state index in [1.165, 1.54) is 0 Å². The summed E-state index contributed by atoms with van der Waals surface area (Å²) in [5.74, 6) is 0. The van der Waals surface area contributed by atoms with Crippen LogP contribution in [0, 0.1) is 0 Å². The van der Waals surface area contributed by atoms with Gasteiger partial charge >= 0.3 is 6.03 Å². The number of anilines is 1. The Morgan fingerprint density at radius 3 is 2.45 bits per heavy atom. The van der Waals surface area contributed by atoms with Crippen molar-refractivity contribution in [1.82, 2.24) is 5.32 Å². The summed E-state index contributed by atoms with van der Waals surface area (Å²) >= 11 is 11.9. The zero-order valence-electron chi connectivity index (χ0n) is 10.9. The highest BCUT2D eigenvalue weighted by molar-refractivity contribution is 6.43. The fraction of sp³-hybridized carbons (Fsp3) is 0.133. The number of hydrogen-bond donors (Lipinski definition) is 2. The molecule has 2 amide bonds. The number of benzene rings is 2. The van der Waals surface area contributed by atoms with Gasteiger partial charge in [-0.2, -0.15) is 0 Å². The molecule has 5 heteroatoms. The second kappa shape index (κ2) is 6.64. The first-order valence-corrected chi connectivity index (χ1v) is 6.90. The highest BCUT2D eigenvalue weighted by atomic mass is 35.5. The standard InChI is InChI=1S/C15H14Cl2N2O/c1-10(11-6-3-2-4-7-11)18-15(20)19-13-9-5-8-12(16)14(13)17/h2-10H,1H3,(H2,18,19,20)/t10-/m0/s1. The maximum Gasteiger partial charge on any atom is 0.319 e. The van der Waals surface area contributed by atoms with Gasteiger partial charge in [-0.25, -0.2) is 4.79 Å². The van der Waals surface area contributed by atoms with Crippen molar-refractivity contribution < 1.29 is 4.79 Å². The summed E-state index contributed by atoms with van der Waals surface area (Å²) in [5.41, 5.74) is 1.51. The minimum atomic E-state index is -0.328. The number of carbonyl (C=O) groups is 1. The summed E-state index contributed by atoms with van der Waals surface area (Å²) < 4.78 is 0. The molecule has 0 aromatic heterocycles. The van der Waals surface area contributed by atoms with E-state index in [9.17, 15) is 4.79 Å². The lowest BCUT2D eigenvalue weighted by atomic mass is 10.1. The fourth-order valence-corrected chi connectivity index (χ4v) is 2.13.